The third kappa shape index (κ3) is 5.94. The molecule has 2 aromatic carbocycles. The quantitative estimate of drug-likeness (QED) is 0.689. The summed E-state index contributed by atoms with van der Waals surface area (Å²) in [4.78, 5) is 24.2. The zero-order valence-electron chi connectivity index (χ0n) is 15.5. The van der Waals surface area contributed by atoms with Crippen LogP contribution < -0.4 is 5.32 Å². The first kappa shape index (κ1) is 20.7. The summed E-state index contributed by atoms with van der Waals surface area (Å²) < 4.78 is 38.1. The number of alkyl halides is 3. The lowest BCUT2D eigenvalue weighted by atomic mass is 9.86. The van der Waals surface area contributed by atoms with Crippen LogP contribution in [0.15, 0.2) is 48.5 Å². The third-order valence-corrected chi connectivity index (χ3v) is 4.13. The standard InChI is InChI=1S/C21H22F3NO2/c1-20(2,3)15-9-7-14(8-10-15)18(26)11-12-19(27)25-17-6-4-5-16(13-17)21(22,23)24/h4-10,13H,11-12H2,1-3H3,(H,25,27). The van der Waals surface area contributed by atoms with Crippen LogP contribution in [-0.2, 0) is 16.4 Å². The molecule has 0 bridgehead atoms. The van der Waals surface area contributed by atoms with Crippen molar-refractivity contribution in [2.75, 3.05) is 5.32 Å². The Morgan fingerprint density at radius 1 is 0.889 bits per heavy atom. The Morgan fingerprint density at radius 3 is 2.07 bits per heavy atom. The van der Waals surface area contributed by atoms with Crippen LogP contribution in [0.5, 0.6) is 0 Å². The van der Waals surface area contributed by atoms with Gasteiger partial charge in [-0.05, 0) is 29.2 Å². The molecule has 6 heteroatoms. The van der Waals surface area contributed by atoms with E-state index >= 15 is 0 Å². The average molecular weight is 377 g/mol. The van der Waals surface area contributed by atoms with Gasteiger partial charge in [-0.15, -0.1) is 0 Å². The van der Waals surface area contributed by atoms with Gasteiger partial charge in [-0.2, -0.15) is 13.2 Å². The van der Waals surface area contributed by atoms with E-state index in [4.69, 9.17) is 0 Å². The highest BCUT2D eigenvalue weighted by Crippen LogP contribution is 2.30. The Kier molecular flexibility index (Phi) is 6.08. The van der Waals surface area contributed by atoms with Crippen molar-refractivity contribution in [1.82, 2.24) is 0 Å². The van der Waals surface area contributed by atoms with Crippen LogP contribution in [0.1, 0.15) is 55.1 Å². The van der Waals surface area contributed by atoms with E-state index in [0.717, 1.165) is 17.7 Å². The van der Waals surface area contributed by atoms with E-state index in [9.17, 15) is 22.8 Å². The number of carbonyl (C=O) groups is 2. The van der Waals surface area contributed by atoms with Gasteiger partial charge in [0.2, 0.25) is 5.91 Å². The minimum absolute atomic E-state index is 0.0142. The second kappa shape index (κ2) is 7.94. The summed E-state index contributed by atoms with van der Waals surface area (Å²) >= 11 is 0. The van der Waals surface area contributed by atoms with Gasteiger partial charge >= 0.3 is 6.18 Å². The van der Waals surface area contributed by atoms with E-state index in [2.05, 4.69) is 26.1 Å². The topological polar surface area (TPSA) is 46.2 Å². The summed E-state index contributed by atoms with van der Waals surface area (Å²) in [5.41, 5.74) is 0.801. The van der Waals surface area contributed by atoms with Gasteiger partial charge in [-0.1, -0.05) is 51.1 Å². The van der Waals surface area contributed by atoms with Gasteiger partial charge in [-0.3, -0.25) is 9.59 Å². The van der Waals surface area contributed by atoms with Gasteiger partial charge in [0.05, 0.1) is 5.56 Å². The molecule has 0 radical (unpaired) electrons. The molecule has 2 rings (SSSR count). The molecule has 0 fully saturated rings. The van der Waals surface area contributed by atoms with E-state index < -0.39 is 17.6 Å². The van der Waals surface area contributed by atoms with Crippen LogP contribution in [0.25, 0.3) is 0 Å². The van der Waals surface area contributed by atoms with Crippen molar-refractivity contribution in [3.8, 4) is 0 Å². The van der Waals surface area contributed by atoms with Crippen molar-refractivity contribution in [3.05, 3.63) is 65.2 Å². The molecule has 27 heavy (non-hydrogen) atoms. The number of hydrogen-bond donors (Lipinski definition) is 1. The number of rotatable bonds is 5. The molecule has 0 aromatic heterocycles. The predicted octanol–water partition coefficient (Wildman–Crippen LogP) is 5.60. The molecule has 0 saturated carbocycles. The van der Waals surface area contributed by atoms with Crippen LogP contribution >= 0.6 is 0 Å². The summed E-state index contributed by atoms with van der Waals surface area (Å²) in [5.74, 6) is -0.691. The van der Waals surface area contributed by atoms with Crippen molar-refractivity contribution in [1.29, 1.82) is 0 Å². The Bertz CT molecular complexity index is 819. The molecule has 0 atom stereocenters. The summed E-state index contributed by atoms with van der Waals surface area (Å²) in [6.45, 7) is 6.21. The molecule has 0 unspecified atom stereocenters. The fraction of sp³-hybridized carbons (Fsp3) is 0.333. The van der Waals surface area contributed by atoms with Gasteiger partial charge in [0, 0.05) is 24.1 Å². The number of anilines is 1. The molecule has 1 N–H and O–H groups in total. The van der Waals surface area contributed by atoms with Crippen LogP contribution in [0.3, 0.4) is 0 Å². The van der Waals surface area contributed by atoms with Crippen molar-refractivity contribution in [2.24, 2.45) is 0 Å². The predicted molar refractivity (Wildman–Crippen MR) is 98.8 cm³/mol. The fourth-order valence-electron chi connectivity index (χ4n) is 2.52. The van der Waals surface area contributed by atoms with E-state index in [-0.39, 0.29) is 29.7 Å². The van der Waals surface area contributed by atoms with Gasteiger partial charge in [0.1, 0.15) is 0 Å². The first-order chi connectivity index (χ1) is 12.5. The highest BCUT2D eigenvalue weighted by Gasteiger charge is 2.30. The van der Waals surface area contributed by atoms with E-state index in [1.54, 1.807) is 12.1 Å². The van der Waals surface area contributed by atoms with Crippen molar-refractivity contribution < 1.29 is 22.8 Å². The lowest BCUT2D eigenvalue weighted by molar-refractivity contribution is -0.137. The number of nitrogens with one attached hydrogen (secondary N) is 1. The molecule has 144 valence electrons. The highest BCUT2D eigenvalue weighted by molar-refractivity contribution is 6.00. The minimum Gasteiger partial charge on any atom is -0.326 e. The SMILES string of the molecule is CC(C)(C)c1ccc(C(=O)CCC(=O)Nc2cccc(C(F)(F)F)c2)cc1. The molecule has 0 aliphatic carbocycles. The molecule has 0 saturated heterocycles. The average Bonchev–Trinajstić information content (AvgIpc) is 2.58. The summed E-state index contributed by atoms with van der Waals surface area (Å²) in [5, 5.41) is 2.40. The highest BCUT2D eigenvalue weighted by atomic mass is 19.4. The molecule has 0 spiro atoms. The smallest absolute Gasteiger partial charge is 0.326 e. The zero-order valence-corrected chi connectivity index (χ0v) is 15.5. The van der Waals surface area contributed by atoms with Crippen LogP contribution in [0, 0.1) is 0 Å². The van der Waals surface area contributed by atoms with E-state index in [1.165, 1.54) is 12.1 Å². The first-order valence-electron chi connectivity index (χ1n) is 8.58. The van der Waals surface area contributed by atoms with Gasteiger partial charge in [0.25, 0.3) is 0 Å². The molecule has 0 aliphatic heterocycles. The second-order valence-electron chi connectivity index (χ2n) is 7.38. The molecule has 3 nitrogen and oxygen atoms in total. The number of halogens is 3. The third-order valence-electron chi connectivity index (χ3n) is 4.13. The molecule has 0 aliphatic rings. The monoisotopic (exact) mass is 377 g/mol. The van der Waals surface area contributed by atoms with Gasteiger partial charge < -0.3 is 5.32 Å². The maximum atomic E-state index is 12.7. The summed E-state index contributed by atoms with van der Waals surface area (Å²) in [7, 11) is 0. The largest absolute Gasteiger partial charge is 0.416 e. The maximum Gasteiger partial charge on any atom is 0.416 e. The Hall–Kier alpha value is -2.63. The summed E-state index contributed by atoms with van der Waals surface area (Å²) in [6.07, 6.45) is -4.59. The molecule has 2 aromatic rings. The lowest BCUT2D eigenvalue weighted by Crippen LogP contribution is -2.15. The van der Waals surface area contributed by atoms with Gasteiger partial charge in [0.15, 0.2) is 5.78 Å². The number of ketones is 1. The van der Waals surface area contributed by atoms with Crippen molar-refractivity contribution in [2.45, 2.75) is 45.2 Å². The Morgan fingerprint density at radius 2 is 1.52 bits per heavy atom. The molecule has 0 heterocycles. The van der Waals surface area contributed by atoms with E-state index in [0.29, 0.717) is 5.56 Å². The number of amides is 1. The van der Waals surface area contributed by atoms with Crippen molar-refractivity contribution >= 4 is 17.4 Å². The number of Topliss-reactive ketones (excluding diaryl/α,β-unsaturated/α-hetero) is 1. The molecular weight excluding hydrogens is 355 g/mol. The Balaban J connectivity index is 1.93. The normalized spacial score (nSPS) is 11.9. The fourth-order valence-corrected chi connectivity index (χ4v) is 2.52. The van der Waals surface area contributed by atoms with Crippen LogP contribution in [-0.4, -0.2) is 11.7 Å². The van der Waals surface area contributed by atoms with Gasteiger partial charge in [-0.25, -0.2) is 0 Å². The van der Waals surface area contributed by atoms with Crippen molar-refractivity contribution in [3.63, 3.8) is 0 Å². The first-order valence-corrected chi connectivity index (χ1v) is 8.58. The number of carbonyl (C=O) groups excluding carboxylic acids is 2. The zero-order chi connectivity index (χ0) is 20.2. The maximum absolute atomic E-state index is 12.7. The number of hydrogen-bond acceptors (Lipinski definition) is 2. The lowest BCUT2D eigenvalue weighted by Gasteiger charge is -2.18. The minimum atomic E-state index is -4.48. The number of benzene rings is 2. The van der Waals surface area contributed by atoms with E-state index in [1.807, 2.05) is 12.1 Å². The van der Waals surface area contributed by atoms with Crippen LogP contribution in [0.2, 0.25) is 0 Å². The molecule has 1 amide bonds. The van der Waals surface area contributed by atoms with Crippen LogP contribution in [0.4, 0.5) is 18.9 Å². The Labute approximate surface area is 156 Å². The second-order valence-corrected chi connectivity index (χ2v) is 7.38. The summed E-state index contributed by atoms with van der Waals surface area (Å²) in [6, 6.07) is 11.6. The molecular formula is C21H22F3NO2.